The van der Waals surface area contributed by atoms with Crippen LogP contribution in [0.3, 0.4) is 0 Å². The van der Waals surface area contributed by atoms with Crippen LogP contribution in [0.2, 0.25) is 0 Å². The zero-order valence-electron chi connectivity index (χ0n) is 8.46. The summed E-state index contributed by atoms with van der Waals surface area (Å²) >= 11 is 0. The van der Waals surface area contributed by atoms with Crippen LogP contribution in [-0.4, -0.2) is 13.1 Å². The summed E-state index contributed by atoms with van der Waals surface area (Å²) in [6.45, 7) is 10.2. The maximum atomic E-state index is 3.76. The summed E-state index contributed by atoms with van der Waals surface area (Å²) in [5.74, 6) is 0. The van der Waals surface area contributed by atoms with Gasteiger partial charge in [0.25, 0.3) is 0 Å². The normalized spacial score (nSPS) is 9.69. The predicted molar refractivity (Wildman–Crippen MR) is 60.1 cm³/mol. The zero-order valence-corrected chi connectivity index (χ0v) is 8.46. The first-order chi connectivity index (χ1) is 6.31. The quantitative estimate of drug-likeness (QED) is 0.679. The SMILES string of the molecule is C=Cc1cccc(N(CC)CC)c1. The number of nitrogens with zero attached hydrogens (tertiary/aromatic N) is 1. The minimum Gasteiger partial charge on any atom is -0.372 e. The summed E-state index contributed by atoms with van der Waals surface area (Å²) in [6.07, 6.45) is 1.88. The lowest BCUT2D eigenvalue weighted by Crippen LogP contribution is -2.21. The smallest absolute Gasteiger partial charge is 0.0371 e. The molecule has 0 atom stereocenters. The molecule has 1 aromatic rings. The van der Waals surface area contributed by atoms with Crippen LogP contribution in [0.4, 0.5) is 5.69 Å². The highest BCUT2D eigenvalue weighted by atomic mass is 15.1. The van der Waals surface area contributed by atoms with Gasteiger partial charge in [0.1, 0.15) is 0 Å². The van der Waals surface area contributed by atoms with Gasteiger partial charge in [-0.25, -0.2) is 0 Å². The van der Waals surface area contributed by atoms with Crippen molar-refractivity contribution in [3.63, 3.8) is 0 Å². The Kier molecular flexibility index (Phi) is 3.56. The van der Waals surface area contributed by atoms with Crippen molar-refractivity contribution < 1.29 is 0 Å². The van der Waals surface area contributed by atoms with Crippen LogP contribution in [0.1, 0.15) is 19.4 Å². The molecule has 1 nitrogen and oxygen atoms in total. The number of hydrogen-bond donors (Lipinski definition) is 0. The predicted octanol–water partition coefficient (Wildman–Crippen LogP) is 3.18. The van der Waals surface area contributed by atoms with Crippen molar-refractivity contribution in [2.75, 3.05) is 18.0 Å². The second-order valence-electron chi connectivity index (χ2n) is 2.97. The molecule has 0 aliphatic carbocycles. The molecular weight excluding hydrogens is 158 g/mol. The Hall–Kier alpha value is -1.24. The number of benzene rings is 1. The monoisotopic (exact) mass is 175 g/mol. The van der Waals surface area contributed by atoms with E-state index in [2.05, 4.69) is 49.6 Å². The minimum atomic E-state index is 1.05. The van der Waals surface area contributed by atoms with E-state index in [4.69, 9.17) is 0 Å². The largest absolute Gasteiger partial charge is 0.372 e. The Labute approximate surface area is 80.7 Å². The Morgan fingerprint density at radius 2 is 2.00 bits per heavy atom. The van der Waals surface area contributed by atoms with Gasteiger partial charge < -0.3 is 4.90 Å². The molecular formula is C12H17N. The third kappa shape index (κ3) is 2.35. The third-order valence-electron chi connectivity index (χ3n) is 2.23. The topological polar surface area (TPSA) is 3.24 Å². The standard InChI is InChI=1S/C12H17N/c1-4-11-8-7-9-12(10-11)13(5-2)6-3/h4,7-10H,1,5-6H2,2-3H3. The van der Waals surface area contributed by atoms with Crippen LogP contribution in [-0.2, 0) is 0 Å². The van der Waals surface area contributed by atoms with Crippen molar-refractivity contribution in [3.05, 3.63) is 36.4 Å². The van der Waals surface area contributed by atoms with Crippen LogP contribution in [0, 0.1) is 0 Å². The second-order valence-corrected chi connectivity index (χ2v) is 2.97. The molecule has 0 aliphatic heterocycles. The van der Waals surface area contributed by atoms with Gasteiger partial charge in [0.15, 0.2) is 0 Å². The van der Waals surface area contributed by atoms with Crippen molar-refractivity contribution in [1.29, 1.82) is 0 Å². The Balaban J connectivity index is 2.92. The summed E-state index contributed by atoms with van der Waals surface area (Å²) in [4.78, 5) is 2.33. The van der Waals surface area contributed by atoms with Crippen molar-refractivity contribution in [1.82, 2.24) is 0 Å². The summed E-state index contributed by atoms with van der Waals surface area (Å²) < 4.78 is 0. The van der Waals surface area contributed by atoms with Crippen LogP contribution in [0.25, 0.3) is 6.08 Å². The fourth-order valence-electron chi connectivity index (χ4n) is 1.44. The van der Waals surface area contributed by atoms with Gasteiger partial charge >= 0.3 is 0 Å². The Morgan fingerprint density at radius 3 is 2.54 bits per heavy atom. The van der Waals surface area contributed by atoms with Gasteiger partial charge in [0.2, 0.25) is 0 Å². The molecule has 1 aromatic carbocycles. The van der Waals surface area contributed by atoms with Crippen molar-refractivity contribution in [2.24, 2.45) is 0 Å². The third-order valence-corrected chi connectivity index (χ3v) is 2.23. The van der Waals surface area contributed by atoms with Crippen molar-refractivity contribution >= 4 is 11.8 Å². The Bertz CT molecular complexity index is 274. The molecule has 0 fully saturated rings. The molecule has 0 unspecified atom stereocenters. The fourth-order valence-corrected chi connectivity index (χ4v) is 1.44. The average molecular weight is 175 g/mol. The maximum Gasteiger partial charge on any atom is 0.0371 e. The van der Waals surface area contributed by atoms with Crippen LogP contribution in [0.15, 0.2) is 30.8 Å². The molecule has 0 aliphatic rings. The lowest BCUT2D eigenvalue weighted by Gasteiger charge is -2.21. The van der Waals surface area contributed by atoms with Gasteiger partial charge in [-0.15, -0.1) is 0 Å². The van der Waals surface area contributed by atoms with Gasteiger partial charge in [0, 0.05) is 18.8 Å². The molecule has 0 saturated carbocycles. The van der Waals surface area contributed by atoms with E-state index in [0.29, 0.717) is 0 Å². The molecule has 0 aromatic heterocycles. The summed E-state index contributed by atoms with van der Waals surface area (Å²) in [6, 6.07) is 8.45. The van der Waals surface area contributed by atoms with E-state index in [0.717, 1.165) is 13.1 Å². The molecule has 0 saturated heterocycles. The molecule has 1 heteroatoms. The molecule has 0 spiro atoms. The lowest BCUT2D eigenvalue weighted by molar-refractivity contribution is 0.866. The first-order valence-corrected chi connectivity index (χ1v) is 4.79. The highest BCUT2D eigenvalue weighted by Gasteiger charge is 2.00. The number of anilines is 1. The van der Waals surface area contributed by atoms with Gasteiger partial charge in [-0.1, -0.05) is 24.8 Å². The van der Waals surface area contributed by atoms with Gasteiger partial charge in [-0.05, 0) is 31.5 Å². The van der Waals surface area contributed by atoms with Crippen LogP contribution < -0.4 is 4.90 Å². The number of hydrogen-bond acceptors (Lipinski definition) is 1. The molecule has 0 N–H and O–H groups in total. The molecule has 0 bridgehead atoms. The molecule has 13 heavy (non-hydrogen) atoms. The average Bonchev–Trinajstić information content (AvgIpc) is 2.20. The molecule has 0 radical (unpaired) electrons. The van der Waals surface area contributed by atoms with Crippen molar-refractivity contribution in [2.45, 2.75) is 13.8 Å². The summed E-state index contributed by atoms with van der Waals surface area (Å²) in [7, 11) is 0. The van der Waals surface area contributed by atoms with E-state index < -0.39 is 0 Å². The Morgan fingerprint density at radius 1 is 1.31 bits per heavy atom. The first-order valence-electron chi connectivity index (χ1n) is 4.79. The fraction of sp³-hybridized carbons (Fsp3) is 0.333. The van der Waals surface area contributed by atoms with E-state index in [-0.39, 0.29) is 0 Å². The molecule has 1 rings (SSSR count). The van der Waals surface area contributed by atoms with E-state index in [1.54, 1.807) is 0 Å². The summed E-state index contributed by atoms with van der Waals surface area (Å²) in [5, 5.41) is 0. The van der Waals surface area contributed by atoms with Gasteiger partial charge in [-0.3, -0.25) is 0 Å². The van der Waals surface area contributed by atoms with E-state index in [9.17, 15) is 0 Å². The molecule has 70 valence electrons. The van der Waals surface area contributed by atoms with Gasteiger partial charge in [-0.2, -0.15) is 0 Å². The van der Waals surface area contributed by atoms with Crippen LogP contribution in [0.5, 0.6) is 0 Å². The highest BCUT2D eigenvalue weighted by Crippen LogP contribution is 2.16. The number of rotatable bonds is 4. The molecule has 0 amide bonds. The zero-order chi connectivity index (χ0) is 9.68. The lowest BCUT2D eigenvalue weighted by atomic mass is 10.2. The first kappa shape index (κ1) is 9.85. The van der Waals surface area contributed by atoms with E-state index in [1.165, 1.54) is 11.3 Å². The second kappa shape index (κ2) is 4.70. The van der Waals surface area contributed by atoms with Crippen molar-refractivity contribution in [3.8, 4) is 0 Å². The molecule has 0 heterocycles. The van der Waals surface area contributed by atoms with E-state index in [1.807, 2.05) is 6.08 Å². The highest BCUT2D eigenvalue weighted by molar-refractivity contribution is 5.57. The van der Waals surface area contributed by atoms with E-state index >= 15 is 0 Å². The van der Waals surface area contributed by atoms with Crippen LogP contribution >= 0.6 is 0 Å². The maximum absolute atomic E-state index is 3.76. The van der Waals surface area contributed by atoms with Gasteiger partial charge in [0.05, 0.1) is 0 Å². The minimum absolute atomic E-state index is 1.05. The summed E-state index contributed by atoms with van der Waals surface area (Å²) in [5.41, 5.74) is 2.46.